The van der Waals surface area contributed by atoms with Gasteiger partial charge in [0.05, 0.1) is 18.7 Å². The Kier molecular flexibility index (Phi) is 2.60. The molecule has 1 amide bonds. The molecule has 98 valence electrons. The standard InChI is InChI=1S/C13H12FN3O2/c1-17(14)13(18)7-2-3-11-8(4-7)9-5-19-6-10(9)12(15)16-11/h2-4H,5-6H2,1H3,(H2,15,16). The summed E-state index contributed by atoms with van der Waals surface area (Å²) in [5, 5.41) is 0.845. The largest absolute Gasteiger partial charge is 0.383 e. The van der Waals surface area contributed by atoms with Gasteiger partial charge in [0, 0.05) is 23.6 Å². The maximum absolute atomic E-state index is 12.9. The molecule has 2 heterocycles. The fourth-order valence-electron chi connectivity index (χ4n) is 2.28. The molecule has 0 fully saturated rings. The maximum Gasteiger partial charge on any atom is 0.281 e. The van der Waals surface area contributed by atoms with Gasteiger partial charge >= 0.3 is 0 Å². The first-order valence-corrected chi connectivity index (χ1v) is 5.80. The van der Waals surface area contributed by atoms with Gasteiger partial charge in [0.1, 0.15) is 5.82 Å². The summed E-state index contributed by atoms with van der Waals surface area (Å²) in [6, 6.07) is 4.84. The molecule has 1 aliphatic rings. The van der Waals surface area contributed by atoms with E-state index in [0.29, 0.717) is 24.5 Å². The van der Waals surface area contributed by atoms with Crippen LogP contribution in [-0.4, -0.2) is 23.1 Å². The predicted molar refractivity (Wildman–Crippen MR) is 67.8 cm³/mol. The number of carbonyl (C=O) groups is 1. The summed E-state index contributed by atoms with van der Waals surface area (Å²) in [6.45, 7) is 0.854. The SMILES string of the molecule is CN(F)C(=O)c1ccc2nc(N)c3c(c2c1)COC3. The van der Waals surface area contributed by atoms with Crippen molar-refractivity contribution in [2.75, 3.05) is 12.8 Å². The van der Waals surface area contributed by atoms with E-state index < -0.39 is 5.91 Å². The van der Waals surface area contributed by atoms with E-state index in [-0.39, 0.29) is 10.7 Å². The van der Waals surface area contributed by atoms with Crippen LogP contribution in [0.4, 0.5) is 10.3 Å². The van der Waals surface area contributed by atoms with Crippen molar-refractivity contribution < 1.29 is 14.0 Å². The summed E-state index contributed by atoms with van der Waals surface area (Å²) in [5.74, 6) is -0.243. The van der Waals surface area contributed by atoms with Crippen molar-refractivity contribution in [3.05, 3.63) is 34.9 Å². The van der Waals surface area contributed by atoms with Crippen LogP contribution in [0.15, 0.2) is 18.2 Å². The highest BCUT2D eigenvalue weighted by Crippen LogP contribution is 2.31. The Bertz CT molecular complexity index is 685. The van der Waals surface area contributed by atoms with Crippen molar-refractivity contribution in [2.45, 2.75) is 13.2 Å². The molecule has 19 heavy (non-hydrogen) atoms. The van der Waals surface area contributed by atoms with Gasteiger partial charge in [-0.05, 0) is 23.8 Å². The molecule has 0 bridgehead atoms. The van der Waals surface area contributed by atoms with Gasteiger partial charge in [-0.1, -0.05) is 4.48 Å². The van der Waals surface area contributed by atoms with Gasteiger partial charge in [-0.15, -0.1) is 0 Å². The summed E-state index contributed by atoms with van der Waals surface area (Å²) in [5.41, 5.74) is 8.60. The van der Waals surface area contributed by atoms with Gasteiger partial charge in [-0.2, -0.15) is 5.12 Å². The second kappa shape index (κ2) is 4.17. The number of rotatable bonds is 1. The number of pyridine rings is 1. The Morgan fingerprint density at radius 3 is 2.89 bits per heavy atom. The van der Waals surface area contributed by atoms with Gasteiger partial charge in [0.25, 0.3) is 5.91 Å². The summed E-state index contributed by atoms with van der Waals surface area (Å²) in [4.78, 5) is 15.9. The van der Waals surface area contributed by atoms with Crippen molar-refractivity contribution in [2.24, 2.45) is 0 Å². The molecular formula is C13H12FN3O2. The highest BCUT2D eigenvalue weighted by molar-refractivity contribution is 5.98. The van der Waals surface area contributed by atoms with E-state index in [0.717, 1.165) is 23.6 Å². The zero-order valence-corrected chi connectivity index (χ0v) is 10.3. The zero-order valence-electron chi connectivity index (χ0n) is 10.3. The predicted octanol–water partition coefficient (Wildman–Crippen LogP) is 1.80. The Morgan fingerprint density at radius 2 is 2.16 bits per heavy atom. The molecule has 0 radical (unpaired) electrons. The number of hydrogen-bond acceptors (Lipinski definition) is 4. The van der Waals surface area contributed by atoms with E-state index in [2.05, 4.69) is 4.98 Å². The lowest BCUT2D eigenvalue weighted by Crippen LogP contribution is -2.17. The fraction of sp³-hybridized carbons (Fsp3) is 0.231. The lowest BCUT2D eigenvalue weighted by Gasteiger charge is -2.09. The molecule has 0 aliphatic carbocycles. The van der Waals surface area contributed by atoms with Crippen molar-refractivity contribution in [1.82, 2.24) is 10.1 Å². The molecule has 3 rings (SSSR count). The number of halogens is 1. The summed E-state index contributed by atoms with van der Waals surface area (Å²) >= 11 is 0. The number of benzene rings is 1. The van der Waals surface area contributed by atoms with Crippen molar-refractivity contribution in [1.29, 1.82) is 0 Å². The average molecular weight is 261 g/mol. The number of nitrogens with zero attached hydrogens (tertiary/aromatic N) is 2. The molecule has 0 spiro atoms. The molecule has 5 nitrogen and oxygen atoms in total. The third-order valence-corrected chi connectivity index (χ3v) is 3.26. The molecule has 2 aromatic rings. The minimum Gasteiger partial charge on any atom is -0.383 e. The number of nitrogen functional groups attached to an aromatic ring is 1. The highest BCUT2D eigenvalue weighted by atomic mass is 19.2. The number of aromatic nitrogens is 1. The molecule has 1 aliphatic heterocycles. The van der Waals surface area contributed by atoms with E-state index in [1.54, 1.807) is 12.1 Å². The highest BCUT2D eigenvalue weighted by Gasteiger charge is 2.20. The van der Waals surface area contributed by atoms with Gasteiger partial charge in [-0.3, -0.25) is 4.79 Å². The third kappa shape index (κ3) is 1.80. The summed E-state index contributed by atoms with van der Waals surface area (Å²) in [6.07, 6.45) is 0. The number of anilines is 1. The number of nitrogens with two attached hydrogens (primary N) is 1. The minimum atomic E-state index is -0.689. The summed E-state index contributed by atoms with van der Waals surface area (Å²) in [7, 11) is 1.07. The topological polar surface area (TPSA) is 68.5 Å². The molecule has 6 heteroatoms. The van der Waals surface area contributed by atoms with Crippen LogP contribution >= 0.6 is 0 Å². The molecule has 1 aromatic heterocycles. The third-order valence-electron chi connectivity index (χ3n) is 3.26. The Balaban J connectivity index is 2.23. The first-order valence-electron chi connectivity index (χ1n) is 5.80. The number of fused-ring (bicyclic) bond motifs is 3. The van der Waals surface area contributed by atoms with Gasteiger partial charge in [-0.25, -0.2) is 4.98 Å². The molecule has 2 N–H and O–H groups in total. The van der Waals surface area contributed by atoms with Crippen LogP contribution in [0.2, 0.25) is 0 Å². The van der Waals surface area contributed by atoms with Crippen molar-refractivity contribution >= 4 is 22.6 Å². The van der Waals surface area contributed by atoms with E-state index >= 15 is 0 Å². The van der Waals surface area contributed by atoms with Gasteiger partial charge < -0.3 is 10.5 Å². The number of amides is 1. The lowest BCUT2D eigenvalue weighted by atomic mass is 10.0. The van der Waals surface area contributed by atoms with Gasteiger partial charge in [0.2, 0.25) is 0 Å². The Morgan fingerprint density at radius 1 is 1.42 bits per heavy atom. The van der Waals surface area contributed by atoms with E-state index in [1.165, 1.54) is 6.07 Å². The van der Waals surface area contributed by atoms with Crippen molar-refractivity contribution in [3.8, 4) is 0 Å². The Hall–Kier alpha value is -2.21. The van der Waals surface area contributed by atoms with E-state index in [9.17, 15) is 9.28 Å². The van der Waals surface area contributed by atoms with Crippen LogP contribution in [0.5, 0.6) is 0 Å². The van der Waals surface area contributed by atoms with Crippen LogP contribution in [-0.2, 0) is 18.0 Å². The van der Waals surface area contributed by atoms with E-state index in [1.807, 2.05) is 0 Å². The fourth-order valence-corrected chi connectivity index (χ4v) is 2.28. The quantitative estimate of drug-likeness (QED) is 0.795. The normalized spacial score (nSPS) is 13.6. The maximum atomic E-state index is 12.9. The molecule has 0 unspecified atom stereocenters. The minimum absolute atomic E-state index is 0.0582. The average Bonchev–Trinajstić information content (AvgIpc) is 2.87. The van der Waals surface area contributed by atoms with Crippen LogP contribution in [0.25, 0.3) is 10.9 Å². The molecule has 0 saturated carbocycles. The van der Waals surface area contributed by atoms with Gasteiger partial charge in [0.15, 0.2) is 0 Å². The molecule has 0 saturated heterocycles. The lowest BCUT2D eigenvalue weighted by molar-refractivity contribution is 0.0343. The van der Waals surface area contributed by atoms with Crippen LogP contribution in [0.3, 0.4) is 0 Å². The monoisotopic (exact) mass is 261 g/mol. The molecular weight excluding hydrogens is 249 g/mol. The first-order chi connectivity index (χ1) is 9.08. The van der Waals surface area contributed by atoms with E-state index in [4.69, 9.17) is 10.5 Å². The molecule has 0 atom stereocenters. The van der Waals surface area contributed by atoms with Crippen molar-refractivity contribution in [3.63, 3.8) is 0 Å². The van der Waals surface area contributed by atoms with Crippen LogP contribution in [0.1, 0.15) is 21.5 Å². The van der Waals surface area contributed by atoms with Crippen LogP contribution < -0.4 is 5.73 Å². The zero-order chi connectivity index (χ0) is 13.6. The first kappa shape index (κ1) is 11.9. The molecule has 1 aromatic carbocycles. The smallest absolute Gasteiger partial charge is 0.281 e. The summed E-state index contributed by atoms with van der Waals surface area (Å²) < 4.78 is 18.3. The number of hydrogen-bond donors (Lipinski definition) is 1. The second-order valence-electron chi connectivity index (χ2n) is 4.46. The number of ether oxygens (including phenoxy) is 1. The second-order valence-corrected chi connectivity index (χ2v) is 4.46. The number of carbonyl (C=O) groups excluding carboxylic acids is 1. The van der Waals surface area contributed by atoms with Crippen LogP contribution in [0, 0.1) is 0 Å². The Labute approximate surface area is 108 Å².